The molecule has 1 atom stereocenters. The van der Waals surface area contributed by atoms with E-state index in [-0.39, 0.29) is 0 Å². The van der Waals surface area contributed by atoms with Crippen LogP contribution in [0.15, 0.2) is 17.8 Å². The van der Waals surface area contributed by atoms with Gasteiger partial charge in [0.2, 0.25) is 0 Å². The molecule has 0 spiro atoms. The molecule has 19 heavy (non-hydrogen) atoms. The van der Waals surface area contributed by atoms with E-state index in [0.717, 1.165) is 22.6 Å². The fourth-order valence-electron chi connectivity index (χ4n) is 2.70. The molecule has 0 aromatic carbocycles. The first-order valence-electron chi connectivity index (χ1n) is 7.00. The Morgan fingerprint density at radius 3 is 3.00 bits per heavy atom. The Hall–Kier alpha value is -1.20. The molecule has 2 aromatic heterocycles. The zero-order valence-corrected chi connectivity index (χ0v) is 12.1. The number of anilines is 1. The van der Waals surface area contributed by atoms with Gasteiger partial charge in [0.25, 0.3) is 0 Å². The van der Waals surface area contributed by atoms with Crippen molar-refractivity contribution < 1.29 is 0 Å². The molecule has 102 valence electrons. The van der Waals surface area contributed by atoms with Gasteiger partial charge in [-0.25, -0.2) is 9.97 Å². The van der Waals surface area contributed by atoms with E-state index in [0.29, 0.717) is 6.04 Å². The lowest BCUT2D eigenvalue weighted by Crippen LogP contribution is -2.38. The average Bonchev–Trinajstić information content (AvgIpc) is 2.89. The number of hydrogen-bond donors (Lipinski definition) is 1. The van der Waals surface area contributed by atoms with Crippen molar-refractivity contribution in [3.05, 3.63) is 17.8 Å². The number of piperidine rings is 1. The predicted molar refractivity (Wildman–Crippen MR) is 80.8 cm³/mol. The third-order valence-electron chi connectivity index (χ3n) is 3.61. The quantitative estimate of drug-likeness (QED) is 0.932. The van der Waals surface area contributed by atoms with E-state index in [4.69, 9.17) is 0 Å². The number of fused-ring (bicyclic) bond motifs is 1. The zero-order chi connectivity index (χ0) is 13.1. The molecular weight excluding hydrogens is 256 g/mol. The lowest BCUT2D eigenvalue weighted by molar-refractivity contribution is 0.223. The van der Waals surface area contributed by atoms with Crippen molar-refractivity contribution in [2.75, 3.05) is 25.0 Å². The first-order valence-corrected chi connectivity index (χ1v) is 7.88. The molecule has 1 aliphatic heterocycles. The fourth-order valence-corrected chi connectivity index (χ4v) is 3.50. The van der Waals surface area contributed by atoms with Gasteiger partial charge < -0.3 is 10.2 Å². The Morgan fingerprint density at radius 2 is 2.16 bits per heavy atom. The minimum atomic E-state index is 0.415. The normalized spacial score (nSPS) is 18.6. The van der Waals surface area contributed by atoms with Gasteiger partial charge >= 0.3 is 0 Å². The van der Waals surface area contributed by atoms with E-state index in [2.05, 4.69) is 32.5 Å². The molecule has 1 unspecified atom stereocenters. The van der Waals surface area contributed by atoms with Crippen molar-refractivity contribution in [1.29, 1.82) is 0 Å². The molecule has 3 rings (SSSR count). The summed E-state index contributed by atoms with van der Waals surface area (Å²) in [5.74, 6) is 0.976. The summed E-state index contributed by atoms with van der Waals surface area (Å²) in [7, 11) is 0. The molecule has 2 aromatic rings. The van der Waals surface area contributed by atoms with Crippen molar-refractivity contribution in [2.45, 2.75) is 32.2 Å². The SMILES string of the molecule is CC(CN1CCCCC1)Nc1ncnc2ccsc12. The number of likely N-dealkylation sites (tertiary alicyclic amines) is 1. The fraction of sp³-hybridized carbons (Fsp3) is 0.571. The third-order valence-corrected chi connectivity index (χ3v) is 4.52. The topological polar surface area (TPSA) is 41.0 Å². The van der Waals surface area contributed by atoms with E-state index in [1.54, 1.807) is 17.7 Å². The summed E-state index contributed by atoms with van der Waals surface area (Å²) in [6.07, 6.45) is 5.72. The molecule has 5 heteroatoms. The second-order valence-corrected chi connectivity index (χ2v) is 6.18. The Balaban J connectivity index is 1.65. The molecule has 1 fully saturated rings. The van der Waals surface area contributed by atoms with Crippen LogP contribution in [0.4, 0.5) is 5.82 Å². The monoisotopic (exact) mass is 276 g/mol. The molecule has 0 amide bonds. The summed E-state index contributed by atoms with van der Waals surface area (Å²) in [6.45, 7) is 5.81. The van der Waals surface area contributed by atoms with Gasteiger partial charge in [0.05, 0.1) is 10.2 Å². The second kappa shape index (κ2) is 5.84. The van der Waals surface area contributed by atoms with Gasteiger partial charge in [0.1, 0.15) is 12.1 Å². The second-order valence-electron chi connectivity index (χ2n) is 5.26. The number of rotatable bonds is 4. The molecule has 1 N–H and O–H groups in total. The average molecular weight is 276 g/mol. The molecule has 0 radical (unpaired) electrons. The van der Waals surface area contributed by atoms with Crippen LogP contribution in [0.2, 0.25) is 0 Å². The Labute approximate surface area is 117 Å². The molecule has 1 saturated heterocycles. The number of hydrogen-bond acceptors (Lipinski definition) is 5. The molecule has 0 bridgehead atoms. The van der Waals surface area contributed by atoms with Crippen LogP contribution in [0, 0.1) is 0 Å². The number of nitrogens with one attached hydrogen (secondary N) is 1. The van der Waals surface area contributed by atoms with E-state index in [9.17, 15) is 0 Å². The van der Waals surface area contributed by atoms with Crippen molar-refractivity contribution in [3.8, 4) is 0 Å². The van der Waals surface area contributed by atoms with Crippen LogP contribution in [-0.4, -0.2) is 40.5 Å². The van der Waals surface area contributed by atoms with Crippen molar-refractivity contribution in [3.63, 3.8) is 0 Å². The predicted octanol–water partition coefficient (Wildman–Crippen LogP) is 2.98. The van der Waals surface area contributed by atoms with E-state index >= 15 is 0 Å². The van der Waals surface area contributed by atoms with Crippen LogP contribution < -0.4 is 5.32 Å². The van der Waals surface area contributed by atoms with Gasteiger partial charge in [-0.05, 0) is 44.3 Å². The van der Waals surface area contributed by atoms with Crippen LogP contribution >= 0.6 is 11.3 Å². The first-order chi connectivity index (χ1) is 9.33. The van der Waals surface area contributed by atoms with Gasteiger partial charge in [-0.3, -0.25) is 0 Å². The highest BCUT2D eigenvalue weighted by Gasteiger charge is 2.14. The molecule has 0 saturated carbocycles. The Bertz CT molecular complexity index is 533. The Kier molecular flexibility index (Phi) is 3.94. The van der Waals surface area contributed by atoms with Gasteiger partial charge in [-0.1, -0.05) is 6.42 Å². The lowest BCUT2D eigenvalue weighted by Gasteiger charge is -2.29. The summed E-state index contributed by atoms with van der Waals surface area (Å²) >= 11 is 1.70. The standard InChI is InChI=1S/C14H20N4S/c1-11(9-18-6-3-2-4-7-18)17-14-13-12(5-8-19-13)15-10-16-14/h5,8,10-11H,2-4,6-7,9H2,1H3,(H,15,16,17). The smallest absolute Gasteiger partial charge is 0.147 e. The molecule has 3 heterocycles. The summed E-state index contributed by atoms with van der Waals surface area (Å²) in [4.78, 5) is 11.2. The highest BCUT2D eigenvalue weighted by atomic mass is 32.1. The van der Waals surface area contributed by atoms with Gasteiger partial charge in [-0.2, -0.15) is 0 Å². The summed E-state index contributed by atoms with van der Waals surface area (Å²) in [5, 5.41) is 5.61. The van der Waals surface area contributed by atoms with E-state index in [1.165, 1.54) is 32.4 Å². The highest BCUT2D eigenvalue weighted by molar-refractivity contribution is 7.17. The van der Waals surface area contributed by atoms with Crippen LogP contribution in [0.1, 0.15) is 26.2 Å². The minimum absolute atomic E-state index is 0.415. The third kappa shape index (κ3) is 3.04. The highest BCUT2D eigenvalue weighted by Crippen LogP contribution is 2.25. The summed E-state index contributed by atoms with van der Waals surface area (Å²) in [5.41, 5.74) is 1.03. The van der Waals surface area contributed by atoms with E-state index < -0.39 is 0 Å². The first kappa shape index (κ1) is 12.8. The maximum atomic E-state index is 4.38. The van der Waals surface area contributed by atoms with Gasteiger partial charge in [-0.15, -0.1) is 11.3 Å². The zero-order valence-electron chi connectivity index (χ0n) is 11.3. The number of aromatic nitrogens is 2. The number of thiophene rings is 1. The van der Waals surface area contributed by atoms with Crippen molar-refractivity contribution >= 4 is 27.4 Å². The molecular formula is C14H20N4S. The number of nitrogens with zero attached hydrogens (tertiary/aromatic N) is 3. The molecule has 0 aliphatic carbocycles. The van der Waals surface area contributed by atoms with Crippen molar-refractivity contribution in [1.82, 2.24) is 14.9 Å². The maximum absolute atomic E-state index is 4.38. The van der Waals surface area contributed by atoms with Crippen LogP contribution in [0.25, 0.3) is 10.2 Å². The largest absolute Gasteiger partial charge is 0.365 e. The Morgan fingerprint density at radius 1 is 1.32 bits per heavy atom. The maximum Gasteiger partial charge on any atom is 0.147 e. The van der Waals surface area contributed by atoms with Gasteiger partial charge in [0.15, 0.2) is 0 Å². The molecule has 1 aliphatic rings. The van der Waals surface area contributed by atoms with Crippen molar-refractivity contribution in [2.24, 2.45) is 0 Å². The summed E-state index contributed by atoms with van der Waals surface area (Å²) < 4.78 is 1.16. The van der Waals surface area contributed by atoms with Gasteiger partial charge in [0, 0.05) is 12.6 Å². The van der Waals surface area contributed by atoms with E-state index in [1.807, 2.05) is 6.07 Å². The summed E-state index contributed by atoms with van der Waals surface area (Å²) in [6, 6.07) is 2.46. The van der Waals surface area contributed by atoms with Crippen LogP contribution in [-0.2, 0) is 0 Å². The van der Waals surface area contributed by atoms with Crippen LogP contribution in [0.5, 0.6) is 0 Å². The van der Waals surface area contributed by atoms with Crippen LogP contribution in [0.3, 0.4) is 0 Å². The minimum Gasteiger partial charge on any atom is -0.365 e. The lowest BCUT2D eigenvalue weighted by atomic mass is 10.1. The molecule has 4 nitrogen and oxygen atoms in total.